The lowest BCUT2D eigenvalue weighted by Crippen LogP contribution is -2.31. The number of carbonyl (C=O) groups is 1. The van der Waals surface area contributed by atoms with Crippen molar-refractivity contribution < 1.29 is 17.9 Å². The summed E-state index contributed by atoms with van der Waals surface area (Å²) >= 11 is 1.43. The Bertz CT molecular complexity index is 1600. The number of nitrogen functional groups attached to an aromatic ring is 1. The molecule has 9 nitrogen and oxygen atoms in total. The molecule has 1 amide bonds. The van der Waals surface area contributed by atoms with Crippen LogP contribution in [0, 0.1) is 11.3 Å². The van der Waals surface area contributed by atoms with Gasteiger partial charge in [0.2, 0.25) is 15.9 Å². The fourth-order valence-corrected chi connectivity index (χ4v) is 7.09. The lowest BCUT2D eigenvalue weighted by atomic mass is 9.91. The van der Waals surface area contributed by atoms with Gasteiger partial charge in [-0.1, -0.05) is 42.5 Å². The van der Waals surface area contributed by atoms with Crippen molar-refractivity contribution in [1.29, 1.82) is 5.41 Å². The van der Waals surface area contributed by atoms with Crippen molar-refractivity contribution >= 4 is 43.3 Å². The van der Waals surface area contributed by atoms with Crippen molar-refractivity contribution in [2.45, 2.75) is 36.3 Å². The molecule has 39 heavy (non-hydrogen) atoms. The predicted octanol–water partition coefficient (Wildman–Crippen LogP) is 3.80. The third-order valence-corrected chi connectivity index (χ3v) is 9.43. The van der Waals surface area contributed by atoms with Crippen LogP contribution in [-0.2, 0) is 26.0 Å². The number of thiazole rings is 1. The van der Waals surface area contributed by atoms with Crippen LogP contribution in [0.15, 0.2) is 77.7 Å². The molecule has 5 rings (SSSR count). The summed E-state index contributed by atoms with van der Waals surface area (Å²) < 4.78 is 37.1. The summed E-state index contributed by atoms with van der Waals surface area (Å²) in [6.45, 7) is 0.381. The predicted molar refractivity (Wildman–Crippen MR) is 151 cm³/mol. The minimum absolute atomic E-state index is 0.0608. The van der Waals surface area contributed by atoms with Crippen molar-refractivity contribution in [2.24, 2.45) is 17.4 Å². The molecule has 202 valence electrons. The third kappa shape index (κ3) is 6.17. The highest BCUT2D eigenvalue weighted by atomic mass is 32.2. The number of ether oxygens (including phenoxy) is 1. The first-order valence-corrected chi connectivity index (χ1v) is 14.8. The lowest BCUT2D eigenvalue weighted by molar-refractivity contribution is -0.126. The van der Waals surface area contributed by atoms with Crippen LogP contribution in [0.4, 0.5) is 0 Å². The maximum absolute atomic E-state index is 13.7. The van der Waals surface area contributed by atoms with Gasteiger partial charge in [0, 0.05) is 18.1 Å². The van der Waals surface area contributed by atoms with Crippen molar-refractivity contribution in [3.8, 4) is 0 Å². The fraction of sp³-hybridized carbons (Fsp3) is 0.250. The van der Waals surface area contributed by atoms with E-state index in [1.54, 1.807) is 36.4 Å². The molecule has 1 aromatic heterocycles. The number of rotatable bonds is 9. The van der Waals surface area contributed by atoms with Crippen LogP contribution in [0.25, 0.3) is 10.2 Å². The maximum Gasteiger partial charge on any atom is 0.241 e. The molecule has 6 N–H and O–H groups in total. The molecule has 3 atom stereocenters. The molecular weight excluding hydrogens is 534 g/mol. The Morgan fingerprint density at radius 1 is 1.10 bits per heavy atom. The number of amides is 1. The minimum Gasteiger partial charge on any atom is -0.384 e. The van der Waals surface area contributed by atoms with Gasteiger partial charge in [0.05, 0.1) is 27.3 Å². The molecule has 3 aromatic carbocycles. The molecule has 11 heteroatoms. The number of nitrogens with two attached hydrogens (primary N) is 2. The number of sulfonamides is 1. The normalized spacial score (nSPS) is 18.6. The zero-order chi connectivity index (χ0) is 27.6. The van der Waals surface area contributed by atoms with E-state index in [0.29, 0.717) is 42.0 Å². The van der Waals surface area contributed by atoms with Crippen LogP contribution in [0.5, 0.6) is 0 Å². The molecule has 0 spiro atoms. The Morgan fingerprint density at radius 2 is 1.90 bits per heavy atom. The van der Waals surface area contributed by atoms with Crippen molar-refractivity contribution in [3.05, 3.63) is 94.5 Å². The number of aromatic nitrogens is 1. The van der Waals surface area contributed by atoms with E-state index >= 15 is 0 Å². The summed E-state index contributed by atoms with van der Waals surface area (Å²) in [6.07, 6.45) is 0.861. The van der Waals surface area contributed by atoms with E-state index in [-0.39, 0.29) is 22.6 Å². The van der Waals surface area contributed by atoms with Gasteiger partial charge in [-0.3, -0.25) is 10.2 Å². The van der Waals surface area contributed by atoms with Crippen LogP contribution in [0.2, 0.25) is 0 Å². The SMILES string of the molecule is N=C(N)c1cccc(CC(NS(=O)(=O)c2cccc(C3CC(C(N)=O)CCO3)c2)c2nc3ccccc3s2)c1. The maximum atomic E-state index is 13.7. The Hall–Kier alpha value is -3.64. The molecule has 0 saturated carbocycles. The zero-order valence-electron chi connectivity index (χ0n) is 21.0. The van der Waals surface area contributed by atoms with E-state index in [2.05, 4.69) is 4.72 Å². The topological polar surface area (TPSA) is 161 Å². The van der Waals surface area contributed by atoms with E-state index < -0.39 is 22.2 Å². The van der Waals surface area contributed by atoms with Crippen LogP contribution in [0.1, 0.15) is 46.7 Å². The summed E-state index contributed by atoms with van der Waals surface area (Å²) in [5.41, 5.74) is 14.0. The Morgan fingerprint density at radius 3 is 2.67 bits per heavy atom. The summed E-state index contributed by atoms with van der Waals surface area (Å²) in [6, 6.07) is 20.8. The van der Waals surface area contributed by atoms with Crippen LogP contribution >= 0.6 is 11.3 Å². The molecule has 1 aliphatic heterocycles. The second-order valence-corrected chi connectivity index (χ2v) is 12.3. The summed E-state index contributed by atoms with van der Waals surface area (Å²) in [5.74, 6) is -0.744. The van der Waals surface area contributed by atoms with Gasteiger partial charge < -0.3 is 16.2 Å². The number of hydrogen-bond donors (Lipinski definition) is 4. The van der Waals surface area contributed by atoms with Gasteiger partial charge in [-0.25, -0.2) is 18.1 Å². The molecule has 1 fully saturated rings. The highest BCUT2D eigenvalue weighted by molar-refractivity contribution is 7.89. The number of amidine groups is 1. The van der Waals surface area contributed by atoms with Crippen molar-refractivity contribution in [1.82, 2.24) is 9.71 Å². The second-order valence-electron chi connectivity index (χ2n) is 9.57. The third-order valence-electron chi connectivity index (χ3n) is 6.81. The number of nitrogens with zero attached hydrogens (tertiary/aromatic N) is 1. The summed E-state index contributed by atoms with van der Waals surface area (Å²) in [4.78, 5) is 16.5. The first-order valence-electron chi connectivity index (χ1n) is 12.5. The average Bonchev–Trinajstić information content (AvgIpc) is 3.37. The quantitative estimate of drug-likeness (QED) is 0.179. The van der Waals surface area contributed by atoms with Crippen molar-refractivity contribution in [3.63, 3.8) is 0 Å². The number of carbonyl (C=O) groups excluding carboxylic acids is 1. The van der Waals surface area contributed by atoms with Gasteiger partial charge in [-0.2, -0.15) is 0 Å². The number of para-hydroxylation sites is 1. The second kappa shape index (κ2) is 11.2. The number of benzene rings is 3. The largest absolute Gasteiger partial charge is 0.384 e. The van der Waals surface area contributed by atoms with Gasteiger partial charge in [-0.05, 0) is 60.7 Å². The fourth-order valence-electron chi connectivity index (χ4n) is 4.74. The molecule has 1 saturated heterocycles. The van der Waals surface area contributed by atoms with Crippen LogP contribution in [-0.4, -0.2) is 31.8 Å². The van der Waals surface area contributed by atoms with Crippen molar-refractivity contribution in [2.75, 3.05) is 6.61 Å². The Balaban J connectivity index is 1.46. The smallest absolute Gasteiger partial charge is 0.241 e. The van der Waals surface area contributed by atoms with Crippen LogP contribution in [0.3, 0.4) is 0 Å². The van der Waals surface area contributed by atoms with E-state index in [0.717, 1.165) is 15.8 Å². The molecule has 3 unspecified atom stereocenters. The molecule has 0 aliphatic carbocycles. The van der Waals surface area contributed by atoms with E-state index in [1.807, 2.05) is 30.3 Å². The number of fused-ring (bicyclic) bond motifs is 1. The molecule has 0 radical (unpaired) electrons. The zero-order valence-corrected chi connectivity index (χ0v) is 22.7. The highest BCUT2D eigenvalue weighted by Crippen LogP contribution is 2.33. The van der Waals surface area contributed by atoms with Gasteiger partial charge >= 0.3 is 0 Å². The monoisotopic (exact) mass is 563 g/mol. The lowest BCUT2D eigenvalue weighted by Gasteiger charge is -2.28. The Kier molecular flexibility index (Phi) is 7.76. The van der Waals surface area contributed by atoms with E-state index in [4.69, 9.17) is 26.6 Å². The molecule has 1 aliphatic rings. The number of hydrogen-bond acceptors (Lipinski definition) is 7. The minimum atomic E-state index is -3.98. The summed E-state index contributed by atoms with van der Waals surface area (Å²) in [7, 11) is -3.98. The standard InChI is InChI=1S/C28H29N5O4S2/c29-26(30)19-7-3-5-17(13-19)14-23(28-32-22-9-1-2-10-25(22)38-28)33-39(35,36)21-8-4-6-18(15-21)24-16-20(27(31)34)11-12-37-24/h1-10,13,15,20,23-24,33H,11-12,14,16H2,(H3,29,30)(H2,31,34). The van der Waals surface area contributed by atoms with E-state index in [9.17, 15) is 13.2 Å². The Labute approximate surface area is 230 Å². The molecule has 4 aromatic rings. The van der Waals surface area contributed by atoms with Gasteiger partial charge in [0.15, 0.2) is 0 Å². The molecular formula is C28H29N5O4S2. The van der Waals surface area contributed by atoms with Gasteiger partial charge in [0.25, 0.3) is 0 Å². The van der Waals surface area contributed by atoms with Gasteiger partial charge in [-0.15, -0.1) is 11.3 Å². The van der Waals surface area contributed by atoms with Crippen LogP contribution < -0.4 is 16.2 Å². The van der Waals surface area contributed by atoms with E-state index in [1.165, 1.54) is 17.4 Å². The molecule has 0 bridgehead atoms. The first-order chi connectivity index (χ1) is 18.7. The average molecular weight is 564 g/mol. The van der Waals surface area contributed by atoms with Gasteiger partial charge in [0.1, 0.15) is 10.8 Å². The summed E-state index contributed by atoms with van der Waals surface area (Å²) in [5, 5.41) is 8.40. The highest BCUT2D eigenvalue weighted by Gasteiger charge is 2.29. The first kappa shape index (κ1) is 26.9. The molecule has 2 heterocycles. The number of nitrogens with one attached hydrogen (secondary N) is 2. The number of primary amides is 1.